The number of nitrogens with zero attached hydrogens (tertiary/aromatic N) is 1. The Kier molecular flexibility index (Phi) is 5.62. The number of benzene rings is 2. The largest absolute Gasteiger partial charge is 0.416 e. The van der Waals surface area contributed by atoms with Gasteiger partial charge < -0.3 is 10.2 Å². The van der Waals surface area contributed by atoms with E-state index >= 15 is 0 Å². The number of hydrogen-bond acceptors (Lipinski definition) is 1. The van der Waals surface area contributed by atoms with Crippen molar-refractivity contribution in [1.29, 1.82) is 0 Å². The maximum absolute atomic E-state index is 13.0. The highest BCUT2D eigenvalue weighted by atomic mass is 35.5. The molecule has 0 unspecified atom stereocenters. The van der Waals surface area contributed by atoms with Gasteiger partial charge in [0.2, 0.25) is 0 Å². The lowest BCUT2D eigenvalue weighted by Gasteiger charge is -2.21. The van der Waals surface area contributed by atoms with Gasteiger partial charge in [-0.25, -0.2) is 4.79 Å². The molecule has 0 fully saturated rings. The number of amides is 2. The molecular weight excluding hydrogens is 364 g/mol. The predicted octanol–water partition coefficient (Wildman–Crippen LogP) is 5.68. The molecular formula is C16H13Cl2F3N2O. The van der Waals surface area contributed by atoms with Crippen LogP contribution in [0.2, 0.25) is 10.0 Å². The highest BCUT2D eigenvalue weighted by Gasteiger charge is 2.33. The van der Waals surface area contributed by atoms with Gasteiger partial charge in [0.25, 0.3) is 0 Å². The van der Waals surface area contributed by atoms with E-state index in [9.17, 15) is 18.0 Å². The van der Waals surface area contributed by atoms with Crippen LogP contribution in [0.5, 0.6) is 0 Å². The number of halogens is 5. The first kappa shape index (κ1) is 18.4. The lowest BCUT2D eigenvalue weighted by molar-refractivity contribution is -0.138. The number of hydrogen-bond donors (Lipinski definition) is 1. The van der Waals surface area contributed by atoms with Crippen LogP contribution < -0.4 is 5.32 Å². The SMILES string of the molecule is CN(Cc1ccccc1C(F)(F)F)C(=O)Nc1cc(Cl)ccc1Cl. The van der Waals surface area contributed by atoms with Gasteiger partial charge in [-0.2, -0.15) is 13.2 Å². The van der Waals surface area contributed by atoms with E-state index in [1.807, 2.05) is 0 Å². The second-order valence-corrected chi connectivity index (χ2v) is 5.91. The lowest BCUT2D eigenvalue weighted by atomic mass is 10.1. The number of nitrogens with one attached hydrogen (secondary N) is 1. The summed E-state index contributed by atoms with van der Waals surface area (Å²) in [6, 6.07) is 9.03. The van der Waals surface area contributed by atoms with Crippen molar-refractivity contribution in [3.8, 4) is 0 Å². The van der Waals surface area contributed by atoms with Crippen LogP contribution in [0.4, 0.5) is 23.7 Å². The van der Waals surface area contributed by atoms with Gasteiger partial charge in [-0.3, -0.25) is 0 Å². The molecule has 0 radical (unpaired) electrons. The number of carbonyl (C=O) groups excluding carboxylic acids is 1. The van der Waals surface area contributed by atoms with Gasteiger partial charge in [0.1, 0.15) is 0 Å². The third-order valence-electron chi connectivity index (χ3n) is 3.25. The van der Waals surface area contributed by atoms with Gasteiger partial charge in [0.15, 0.2) is 0 Å². The average Bonchev–Trinajstić information content (AvgIpc) is 2.50. The molecule has 128 valence electrons. The van der Waals surface area contributed by atoms with Gasteiger partial charge >= 0.3 is 12.2 Å². The number of urea groups is 1. The highest BCUT2D eigenvalue weighted by Crippen LogP contribution is 2.32. The first-order chi connectivity index (χ1) is 11.2. The van der Waals surface area contributed by atoms with Gasteiger partial charge in [-0.05, 0) is 29.8 Å². The van der Waals surface area contributed by atoms with Crippen LogP contribution >= 0.6 is 23.2 Å². The van der Waals surface area contributed by atoms with E-state index in [4.69, 9.17) is 23.2 Å². The number of anilines is 1. The zero-order valence-electron chi connectivity index (χ0n) is 12.5. The first-order valence-electron chi connectivity index (χ1n) is 6.81. The Morgan fingerprint density at radius 2 is 1.83 bits per heavy atom. The Morgan fingerprint density at radius 3 is 2.50 bits per heavy atom. The smallest absolute Gasteiger partial charge is 0.323 e. The molecule has 0 saturated carbocycles. The minimum absolute atomic E-state index is 0.000147. The highest BCUT2D eigenvalue weighted by molar-refractivity contribution is 6.35. The number of rotatable bonds is 3. The Hall–Kier alpha value is -1.92. The second kappa shape index (κ2) is 7.32. The van der Waals surface area contributed by atoms with E-state index in [2.05, 4.69) is 5.32 Å². The van der Waals surface area contributed by atoms with Crippen molar-refractivity contribution in [1.82, 2.24) is 4.90 Å². The summed E-state index contributed by atoms with van der Waals surface area (Å²) in [5.74, 6) is 0. The lowest BCUT2D eigenvalue weighted by Crippen LogP contribution is -2.31. The summed E-state index contributed by atoms with van der Waals surface area (Å²) in [5, 5.41) is 3.17. The third kappa shape index (κ3) is 4.55. The van der Waals surface area contributed by atoms with Crippen molar-refractivity contribution >= 4 is 34.9 Å². The molecule has 0 saturated heterocycles. The zero-order chi connectivity index (χ0) is 17.9. The van der Waals surface area contributed by atoms with Crippen LogP contribution in [0.1, 0.15) is 11.1 Å². The maximum atomic E-state index is 13.0. The summed E-state index contributed by atoms with van der Waals surface area (Å²) < 4.78 is 39.0. The van der Waals surface area contributed by atoms with Crippen LogP contribution in [-0.2, 0) is 12.7 Å². The normalized spacial score (nSPS) is 11.2. The van der Waals surface area contributed by atoms with E-state index in [0.717, 1.165) is 11.0 Å². The van der Waals surface area contributed by atoms with Gasteiger partial charge in [-0.1, -0.05) is 41.4 Å². The summed E-state index contributed by atoms with van der Waals surface area (Å²) in [5.41, 5.74) is -0.490. The van der Waals surface area contributed by atoms with Gasteiger partial charge in [0, 0.05) is 18.6 Å². The fraction of sp³-hybridized carbons (Fsp3) is 0.188. The van der Waals surface area contributed by atoms with Crippen molar-refractivity contribution in [3.05, 3.63) is 63.6 Å². The fourth-order valence-corrected chi connectivity index (χ4v) is 2.40. The van der Waals surface area contributed by atoms with E-state index < -0.39 is 17.8 Å². The van der Waals surface area contributed by atoms with Crippen molar-refractivity contribution in [3.63, 3.8) is 0 Å². The fourth-order valence-electron chi connectivity index (χ4n) is 2.07. The monoisotopic (exact) mass is 376 g/mol. The van der Waals surface area contributed by atoms with Crippen molar-refractivity contribution in [2.45, 2.75) is 12.7 Å². The molecule has 2 rings (SSSR count). The molecule has 3 nitrogen and oxygen atoms in total. The molecule has 0 heterocycles. The molecule has 2 aromatic carbocycles. The molecule has 0 bridgehead atoms. The summed E-state index contributed by atoms with van der Waals surface area (Å²) in [6.07, 6.45) is -4.48. The Morgan fingerprint density at radius 1 is 1.17 bits per heavy atom. The Bertz CT molecular complexity index is 750. The molecule has 0 aliphatic heterocycles. The molecule has 0 aliphatic rings. The minimum atomic E-state index is -4.48. The minimum Gasteiger partial charge on any atom is -0.323 e. The van der Waals surface area contributed by atoms with Crippen molar-refractivity contribution in [2.75, 3.05) is 12.4 Å². The van der Waals surface area contributed by atoms with Gasteiger partial charge in [0.05, 0.1) is 16.3 Å². The van der Waals surface area contributed by atoms with Crippen LogP contribution in [0.3, 0.4) is 0 Å². The van der Waals surface area contributed by atoms with Gasteiger partial charge in [-0.15, -0.1) is 0 Å². The van der Waals surface area contributed by atoms with E-state index in [-0.39, 0.29) is 22.8 Å². The quantitative estimate of drug-likeness (QED) is 0.734. The number of alkyl halides is 3. The molecule has 0 atom stereocenters. The van der Waals surface area contributed by atoms with E-state index in [0.29, 0.717) is 5.02 Å². The molecule has 8 heteroatoms. The van der Waals surface area contributed by atoms with Crippen LogP contribution in [0.25, 0.3) is 0 Å². The summed E-state index contributed by atoms with van der Waals surface area (Å²) in [4.78, 5) is 13.3. The Balaban J connectivity index is 2.14. The average molecular weight is 377 g/mol. The van der Waals surface area contributed by atoms with E-state index in [1.165, 1.54) is 37.4 Å². The zero-order valence-corrected chi connectivity index (χ0v) is 14.0. The molecule has 0 spiro atoms. The molecule has 0 aromatic heterocycles. The molecule has 24 heavy (non-hydrogen) atoms. The topological polar surface area (TPSA) is 32.3 Å². The third-order valence-corrected chi connectivity index (χ3v) is 3.81. The molecule has 1 N–H and O–H groups in total. The number of carbonyl (C=O) groups is 1. The molecule has 2 amide bonds. The summed E-state index contributed by atoms with van der Waals surface area (Å²) in [6.45, 7) is -0.209. The van der Waals surface area contributed by atoms with Crippen LogP contribution in [-0.4, -0.2) is 18.0 Å². The van der Waals surface area contributed by atoms with E-state index in [1.54, 1.807) is 6.07 Å². The standard InChI is InChI=1S/C16H13Cl2F3N2O/c1-23(9-10-4-2-3-5-12(10)16(19,20)21)15(24)22-14-8-11(17)6-7-13(14)18/h2-8H,9H2,1H3,(H,22,24). The molecule has 2 aromatic rings. The maximum Gasteiger partial charge on any atom is 0.416 e. The first-order valence-corrected chi connectivity index (χ1v) is 7.56. The molecule has 0 aliphatic carbocycles. The summed E-state index contributed by atoms with van der Waals surface area (Å²) >= 11 is 11.8. The van der Waals surface area contributed by atoms with Crippen molar-refractivity contribution < 1.29 is 18.0 Å². The summed E-state index contributed by atoms with van der Waals surface area (Å²) in [7, 11) is 1.39. The van der Waals surface area contributed by atoms with Crippen LogP contribution in [0, 0.1) is 0 Å². The van der Waals surface area contributed by atoms with Crippen LogP contribution in [0.15, 0.2) is 42.5 Å². The predicted molar refractivity (Wildman–Crippen MR) is 88.4 cm³/mol. The second-order valence-electron chi connectivity index (χ2n) is 5.07. The van der Waals surface area contributed by atoms with Crippen molar-refractivity contribution in [2.24, 2.45) is 0 Å². The Labute approximate surface area is 147 Å².